The third-order valence-electron chi connectivity index (χ3n) is 3.87. The Bertz CT molecular complexity index is 572. The van der Waals surface area contributed by atoms with E-state index in [1.54, 1.807) is 6.33 Å². The Morgan fingerprint density at radius 1 is 1.48 bits per heavy atom. The van der Waals surface area contributed by atoms with E-state index < -0.39 is 0 Å². The van der Waals surface area contributed by atoms with Crippen LogP contribution in [0.3, 0.4) is 0 Å². The second-order valence-corrected chi connectivity index (χ2v) is 6.63. The fraction of sp³-hybridized carbons (Fsp3) is 0.467. The largest absolute Gasteiger partial charge is 0.271 e. The van der Waals surface area contributed by atoms with E-state index in [1.807, 2.05) is 16.4 Å². The topological polar surface area (TPSA) is 68.8 Å². The van der Waals surface area contributed by atoms with Crippen LogP contribution < -0.4 is 11.3 Å². The number of hydrogen-bond acceptors (Lipinski definition) is 5. The summed E-state index contributed by atoms with van der Waals surface area (Å²) in [5, 5.41) is 4.73. The predicted octanol–water partition coefficient (Wildman–Crippen LogP) is 1.78. The second-order valence-electron chi connectivity index (χ2n) is 5.34. The van der Waals surface area contributed by atoms with Gasteiger partial charge >= 0.3 is 0 Å². The molecular weight excluding hydrogens is 282 g/mol. The van der Waals surface area contributed by atoms with Gasteiger partial charge in [0.1, 0.15) is 12.2 Å². The summed E-state index contributed by atoms with van der Waals surface area (Å²) >= 11 is 1.91. The summed E-state index contributed by atoms with van der Waals surface area (Å²) in [6, 6.07) is 8.78. The molecule has 2 atom stereocenters. The highest BCUT2D eigenvalue weighted by molar-refractivity contribution is 8.00. The van der Waals surface area contributed by atoms with Gasteiger partial charge in [-0.05, 0) is 24.5 Å². The molecule has 0 amide bonds. The Hall–Kier alpha value is -1.37. The summed E-state index contributed by atoms with van der Waals surface area (Å²) in [5.41, 5.74) is 4.40. The average Bonchev–Trinajstić information content (AvgIpc) is 3.11. The molecule has 2 unspecified atom stereocenters. The summed E-state index contributed by atoms with van der Waals surface area (Å²) < 4.78 is 1.98. The monoisotopic (exact) mass is 303 g/mol. The molecule has 1 aliphatic rings. The van der Waals surface area contributed by atoms with Gasteiger partial charge in [0.25, 0.3) is 0 Å². The van der Waals surface area contributed by atoms with Crippen molar-refractivity contribution in [2.75, 3.05) is 0 Å². The molecule has 3 rings (SSSR count). The number of hydrazine groups is 1. The molecular formula is C15H21N5S. The van der Waals surface area contributed by atoms with Crippen LogP contribution in [0.2, 0.25) is 0 Å². The van der Waals surface area contributed by atoms with Gasteiger partial charge in [-0.1, -0.05) is 25.1 Å². The molecule has 1 aliphatic heterocycles. The second kappa shape index (κ2) is 6.60. The van der Waals surface area contributed by atoms with Gasteiger partial charge in [0.2, 0.25) is 0 Å². The zero-order chi connectivity index (χ0) is 14.7. The highest BCUT2D eigenvalue weighted by Crippen LogP contribution is 2.38. The lowest BCUT2D eigenvalue weighted by atomic mass is 10.0. The molecule has 6 heteroatoms. The maximum atomic E-state index is 5.81. The molecule has 1 aromatic carbocycles. The normalized spacial score (nSPS) is 18.7. The molecule has 2 heterocycles. The van der Waals surface area contributed by atoms with Crippen LogP contribution in [0.1, 0.15) is 24.7 Å². The smallest absolute Gasteiger partial charge is 0.138 e. The standard InChI is InChI=1S/C15H21N5S/c1-2-7-20-15(17-10-18-20)9-12(19-16)14-8-11-5-3-4-6-13(11)21-14/h3-6,10,12,14,19H,2,7-9,16H2,1H3. The lowest BCUT2D eigenvalue weighted by Crippen LogP contribution is -2.44. The van der Waals surface area contributed by atoms with Crippen molar-refractivity contribution >= 4 is 11.8 Å². The van der Waals surface area contributed by atoms with Crippen LogP contribution in [0.25, 0.3) is 0 Å². The average molecular weight is 303 g/mol. The number of aromatic nitrogens is 3. The number of benzene rings is 1. The predicted molar refractivity (Wildman–Crippen MR) is 84.9 cm³/mol. The molecule has 1 aromatic heterocycles. The SMILES string of the molecule is CCCn1ncnc1CC(NN)C1Cc2ccccc2S1. The first-order valence-electron chi connectivity index (χ1n) is 7.39. The molecule has 2 aromatic rings. The van der Waals surface area contributed by atoms with Gasteiger partial charge in [-0.25, -0.2) is 4.98 Å². The van der Waals surface area contributed by atoms with E-state index in [9.17, 15) is 0 Å². The zero-order valence-corrected chi connectivity index (χ0v) is 13.0. The third-order valence-corrected chi connectivity index (χ3v) is 5.32. The van der Waals surface area contributed by atoms with Crippen molar-refractivity contribution < 1.29 is 0 Å². The zero-order valence-electron chi connectivity index (χ0n) is 12.2. The van der Waals surface area contributed by atoms with Crippen LogP contribution >= 0.6 is 11.8 Å². The van der Waals surface area contributed by atoms with Gasteiger partial charge in [0.05, 0.1) is 0 Å². The molecule has 3 N–H and O–H groups in total. The minimum Gasteiger partial charge on any atom is -0.271 e. The van der Waals surface area contributed by atoms with Crippen molar-refractivity contribution in [2.45, 2.75) is 48.9 Å². The molecule has 112 valence electrons. The van der Waals surface area contributed by atoms with E-state index in [-0.39, 0.29) is 6.04 Å². The van der Waals surface area contributed by atoms with Gasteiger partial charge < -0.3 is 0 Å². The number of nitrogens with two attached hydrogens (primary N) is 1. The van der Waals surface area contributed by atoms with E-state index in [0.29, 0.717) is 5.25 Å². The lowest BCUT2D eigenvalue weighted by Gasteiger charge is -2.21. The van der Waals surface area contributed by atoms with Crippen LogP contribution in [0.15, 0.2) is 35.5 Å². The Balaban J connectivity index is 1.70. The van der Waals surface area contributed by atoms with Gasteiger partial charge in [-0.3, -0.25) is 16.0 Å². The van der Waals surface area contributed by atoms with Crippen molar-refractivity contribution in [3.63, 3.8) is 0 Å². The Morgan fingerprint density at radius 2 is 2.33 bits per heavy atom. The van der Waals surface area contributed by atoms with Gasteiger partial charge in [0.15, 0.2) is 0 Å². The number of aryl methyl sites for hydroxylation is 1. The summed E-state index contributed by atoms with van der Waals surface area (Å²) in [6.45, 7) is 3.05. The molecule has 0 spiro atoms. The minimum absolute atomic E-state index is 0.196. The maximum Gasteiger partial charge on any atom is 0.138 e. The molecule has 0 fully saturated rings. The first-order valence-corrected chi connectivity index (χ1v) is 8.27. The van der Waals surface area contributed by atoms with Crippen molar-refractivity contribution in [1.82, 2.24) is 20.2 Å². The van der Waals surface area contributed by atoms with Crippen molar-refractivity contribution in [2.24, 2.45) is 5.84 Å². The molecule has 0 radical (unpaired) electrons. The van der Waals surface area contributed by atoms with Crippen molar-refractivity contribution in [3.05, 3.63) is 42.0 Å². The number of nitrogens with zero attached hydrogens (tertiary/aromatic N) is 3. The number of thioether (sulfide) groups is 1. The quantitative estimate of drug-likeness (QED) is 0.629. The Morgan fingerprint density at radius 3 is 3.10 bits per heavy atom. The summed E-state index contributed by atoms with van der Waals surface area (Å²) in [4.78, 5) is 5.76. The molecule has 0 bridgehead atoms. The highest BCUT2D eigenvalue weighted by atomic mass is 32.2. The van der Waals surface area contributed by atoms with Gasteiger partial charge in [-0.2, -0.15) is 5.10 Å². The number of hydrogen-bond donors (Lipinski definition) is 2. The molecule has 21 heavy (non-hydrogen) atoms. The highest BCUT2D eigenvalue weighted by Gasteiger charge is 2.29. The van der Waals surface area contributed by atoms with Gasteiger partial charge in [0, 0.05) is 29.2 Å². The van der Waals surface area contributed by atoms with Crippen LogP contribution in [0.4, 0.5) is 0 Å². The van der Waals surface area contributed by atoms with Crippen LogP contribution in [0.5, 0.6) is 0 Å². The van der Waals surface area contributed by atoms with E-state index >= 15 is 0 Å². The minimum atomic E-state index is 0.196. The number of rotatable bonds is 6. The van der Waals surface area contributed by atoms with E-state index in [1.165, 1.54) is 10.5 Å². The number of nitrogens with one attached hydrogen (secondary N) is 1. The first kappa shape index (κ1) is 14.6. The summed E-state index contributed by atoms with van der Waals surface area (Å²) in [6.07, 6.45) is 4.55. The van der Waals surface area contributed by atoms with Crippen molar-refractivity contribution in [1.29, 1.82) is 0 Å². The summed E-state index contributed by atoms with van der Waals surface area (Å²) in [7, 11) is 0. The Labute approximate surface area is 129 Å². The summed E-state index contributed by atoms with van der Waals surface area (Å²) in [5.74, 6) is 6.82. The van der Waals surface area contributed by atoms with E-state index in [4.69, 9.17) is 5.84 Å². The maximum absolute atomic E-state index is 5.81. The van der Waals surface area contributed by atoms with Crippen LogP contribution in [-0.2, 0) is 19.4 Å². The number of fused-ring (bicyclic) bond motifs is 1. The van der Waals surface area contributed by atoms with E-state index in [0.717, 1.165) is 31.6 Å². The molecule has 0 aliphatic carbocycles. The fourth-order valence-electron chi connectivity index (χ4n) is 2.77. The lowest BCUT2D eigenvalue weighted by molar-refractivity contribution is 0.472. The Kier molecular flexibility index (Phi) is 4.57. The van der Waals surface area contributed by atoms with E-state index in [2.05, 4.69) is 46.7 Å². The first-order chi connectivity index (χ1) is 10.3. The van der Waals surface area contributed by atoms with Crippen LogP contribution in [0, 0.1) is 0 Å². The molecule has 0 saturated heterocycles. The van der Waals surface area contributed by atoms with Gasteiger partial charge in [-0.15, -0.1) is 11.8 Å². The molecule has 0 saturated carbocycles. The van der Waals surface area contributed by atoms with Crippen LogP contribution in [-0.4, -0.2) is 26.1 Å². The van der Waals surface area contributed by atoms with Crippen molar-refractivity contribution in [3.8, 4) is 0 Å². The molecule has 5 nitrogen and oxygen atoms in total. The fourth-order valence-corrected chi connectivity index (χ4v) is 4.16. The third kappa shape index (κ3) is 3.12.